The zero-order valence-corrected chi connectivity index (χ0v) is 25.3. The maximum atomic E-state index is 13.6. The molecular formula is C34H39NO4Si. The summed E-state index contributed by atoms with van der Waals surface area (Å²) in [5, 5.41) is 14.8. The Balaban J connectivity index is 1.68. The maximum Gasteiger partial charge on any atom is 0.414 e. The Labute approximate surface area is 238 Å². The van der Waals surface area contributed by atoms with Crippen molar-refractivity contribution in [2.75, 3.05) is 11.4 Å². The van der Waals surface area contributed by atoms with E-state index in [1.807, 2.05) is 57.2 Å². The van der Waals surface area contributed by atoms with Gasteiger partial charge in [0.05, 0.1) is 18.3 Å². The Morgan fingerprint density at radius 2 is 1.35 bits per heavy atom. The Kier molecular flexibility index (Phi) is 7.27. The molecule has 0 radical (unpaired) electrons. The Morgan fingerprint density at radius 3 is 1.88 bits per heavy atom. The van der Waals surface area contributed by atoms with Crippen LogP contribution in [0.3, 0.4) is 0 Å². The molecular weight excluding hydrogens is 514 g/mol. The van der Waals surface area contributed by atoms with Crippen molar-refractivity contribution in [1.82, 2.24) is 0 Å². The van der Waals surface area contributed by atoms with Gasteiger partial charge in [-0.1, -0.05) is 106 Å². The maximum absolute atomic E-state index is 13.6. The molecule has 1 N–H and O–H groups in total. The number of amides is 1. The van der Waals surface area contributed by atoms with E-state index in [9.17, 15) is 9.90 Å². The van der Waals surface area contributed by atoms with Crippen molar-refractivity contribution in [3.63, 3.8) is 0 Å². The fraction of sp³-hybridized carbons (Fsp3) is 0.324. The van der Waals surface area contributed by atoms with Gasteiger partial charge in [0.2, 0.25) is 0 Å². The summed E-state index contributed by atoms with van der Waals surface area (Å²) in [5.41, 5.74) is 0.989. The molecule has 0 aliphatic carbocycles. The lowest BCUT2D eigenvalue weighted by Gasteiger charge is -2.47. The first-order valence-electron chi connectivity index (χ1n) is 13.9. The van der Waals surface area contributed by atoms with Crippen LogP contribution in [0.1, 0.15) is 47.1 Å². The third-order valence-corrected chi connectivity index (χ3v) is 12.7. The number of carbonyl (C=O) groups excluding carboxylic acids is 1. The molecule has 1 atom stereocenters. The topological polar surface area (TPSA) is 59.0 Å². The van der Waals surface area contributed by atoms with Gasteiger partial charge in [0.15, 0.2) is 0 Å². The van der Waals surface area contributed by atoms with E-state index in [1.54, 1.807) is 11.0 Å². The Bertz CT molecular complexity index is 1470. The summed E-state index contributed by atoms with van der Waals surface area (Å²) in [5.74, 6) is 0.147. The van der Waals surface area contributed by atoms with Crippen LogP contribution in [0.2, 0.25) is 5.04 Å². The van der Waals surface area contributed by atoms with Gasteiger partial charge >= 0.3 is 6.09 Å². The van der Waals surface area contributed by atoms with Gasteiger partial charge in [-0.25, -0.2) is 4.79 Å². The van der Waals surface area contributed by atoms with Crippen molar-refractivity contribution < 1.29 is 19.1 Å². The van der Waals surface area contributed by atoms with Crippen LogP contribution < -0.4 is 15.3 Å². The molecule has 0 spiro atoms. The molecule has 1 amide bonds. The highest BCUT2D eigenvalue weighted by molar-refractivity contribution is 6.99. The van der Waals surface area contributed by atoms with Crippen molar-refractivity contribution in [3.05, 3.63) is 96.6 Å². The van der Waals surface area contributed by atoms with Gasteiger partial charge in [0.25, 0.3) is 8.32 Å². The summed E-state index contributed by atoms with van der Waals surface area (Å²) in [6.07, 6.45) is -0.127. The van der Waals surface area contributed by atoms with Gasteiger partial charge in [-0.2, -0.15) is 0 Å². The van der Waals surface area contributed by atoms with E-state index in [1.165, 1.54) is 10.4 Å². The minimum atomic E-state index is -2.88. The van der Waals surface area contributed by atoms with Crippen LogP contribution in [-0.4, -0.2) is 37.8 Å². The molecule has 5 rings (SSSR count). The predicted octanol–water partition coefficient (Wildman–Crippen LogP) is 6.79. The lowest BCUT2D eigenvalue weighted by atomic mass is 9.93. The van der Waals surface area contributed by atoms with Gasteiger partial charge in [0.1, 0.15) is 11.4 Å². The molecule has 0 bridgehead atoms. The van der Waals surface area contributed by atoms with E-state index in [0.717, 1.165) is 16.3 Å². The van der Waals surface area contributed by atoms with Crippen LogP contribution in [0.15, 0.2) is 91.0 Å². The van der Waals surface area contributed by atoms with Crippen LogP contribution in [0, 0.1) is 0 Å². The van der Waals surface area contributed by atoms with Crippen molar-refractivity contribution >= 4 is 41.2 Å². The molecule has 5 nitrogen and oxygen atoms in total. The first-order chi connectivity index (χ1) is 18.9. The molecule has 6 heteroatoms. The largest absolute Gasteiger partial charge is 0.507 e. The number of phenolic OH excluding ortho intramolecular Hbond substituents is 1. The number of hydrogen-bond acceptors (Lipinski definition) is 4. The fourth-order valence-corrected chi connectivity index (χ4v) is 10.6. The number of hydrogen-bond donors (Lipinski definition) is 1. The van der Waals surface area contributed by atoms with E-state index in [2.05, 4.69) is 69.3 Å². The summed E-state index contributed by atoms with van der Waals surface area (Å²) in [4.78, 5) is 15.3. The number of benzene rings is 4. The molecule has 4 aromatic rings. The zero-order chi connectivity index (χ0) is 28.7. The van der Waals surface area contributed by atoms with Gasteiger partial charge in [0, 0.05) is 17.9 Å². The second-order valence-electron chi connectivity index (χ2n) is 12.6. The normalized spacial score (nSPS) is 16.1. The number of aromatic hydroxyl groups is 1. The molecule has 0 aromatic heterocycles. The molecule has 0 fully saturated rings. The van der Waals surface area contributed by atoms with Crippen molar-refractivity contribution in [2.45, 2.75) is 64.7 Å². The van der Waals surface area contributed by atoms with E-state index in [-0.39, 0.29) is 16.9 Å². The van der Waals surface area contributed by atoms with Crippen molar-refractivity contribution in [2.24, 2.45) is 0 Å². The molecule has 0 saturated heterocycles. The molecule has 208 valence electrons. The number of rotatable bonds is 4. The first kappa shape index (κ1) is 27.9. The number of phenols is 1. The van der Waals surface area contributed by atoms with Crippen LogP contribution in [0.4, 0.5) is 10.5 Å². The minimum Gasteiger partial charge on any atom is -0.507 e. The molecule has 0 saturated carbocycles. The molecule has 1 aliphatic rings. The van der Waals surface area contributed by atoms with Crippen LogP contribution in [0.25, 0.3) is 10.8 Å². The lowest BCUT2D eigenvalue weighted by Crippen LogP contribution is -2.68. The highest BCUT2D eigenvalue weighted by Gasteiger charge is 2.52. The van der Waals surface area contributed by atoms with Gasteiger partial charge in [-0.05, 0) is 47.1 Å². The van der Waals surface area contributed by atoms with Crippen LogP contribution in [0.5, 0.6) is 5.75 Å². The number of nitrogens with zero attached hydrogens (tertiary/aromatic N) is 1. The highest BCUT2D eigenvalue weighted by atomic mass is 28.4. The summed E-state index contributed by atoms with van der Waals surface area (Å²) >= 11 is 0. The number of anilines is 1. The summed E-state index contributed by atoms with van der Waals surface area (Å²) in [7, 11) is -2.88. The monoisotopic (exact) mass is 553 g/mol. The zero-order valence-electron chi connectivity index (χ0n) is 24.3. The van der Waals surface area contributed by atoms with Crippen LogP contribution >= 0.6 is 0 Å². The predicted molar refractivity (Wildman–Crippen MR) is 165 cm³/mol. The molecule has 1 aliphatic heterocycles. The van der Waals surface area contributed by atoms with Crippen molar-refractivity contribution in [1.29, 1.82) is 0 Å². The summed E-state index contributed by atoms with van der Waals surface area (Å²) in [6, 6.07) is 30.6. The van der Waals surface area contributed by atoms with Gasteiger partial charge in [-0.15, -0.1) is 0 Å². The highest BCUT2D eigenvalue weighted by Crippen LogP contribution is 2.43. The van der Waals surface area contributed by atoms with E-state index < -0.39 is 20.0 Å². The second-order valence-corrected chi connectivity index (χ2v) is 16.9. The Hall–Kier alpha value is -3.61. The number of fused-ring (bicyclic) bond motifs is 3. The van der Waals surface area contributed by atoms with Crippen LogP contribution in [-0.2, 0) is 15.6 Å². The quantitative estimate of drug-likeness (QED) is 0.283. The molecule has 1 unspecified atom stereocenters. The average Bonchev–Trinajstić information content (AvgIpc) is 2.91. The standard InChI is InChI=1S/C34H39NO4Si/c1-33(2,3)38-32(37)35-23-24(21-29-27-19-13-14-20-28(27)31(36)22-30(29)35)39-40(34(4,5)6,25-15-9-7-10-16-25)26-17-11-8-12-18-26/h7-20,22,24,36H,21,23H2,1-6H3. The molecule has 4 aromatic carbocycles. The number of carbonyl (C=O) groups is 1. The third kappa shape index (κ3) is 5.14. The van der Waals surface area contributed by atoms with E-state index in [0.29, 0.717) is 18.7 Å². The first-order valence-corrected chi connectivity index (χ1v) is 15.8. The summed E-state index contributed by atoms with van der Waals surface area (Å²) < 4.78 is 13.4. The SMILES string of the molecule is CC(C)(C)OC(=O)N1CC(O[Si](c2ccccc2)(c2ccccc2)C(C)(C)C)Cc2c1cc(O)c1ccccc21. The Morgan fingerprint density at radius 1 is 0.825 bits per heavy atom. The van der Waals surface area contributed by atoms with E-state index in [4.69, 9.17) is 9.16 Å². The number of ether oxygens (including phenoxy) is 1. The van der Waals surface area contributed by atoms with E-state index >= 15 is 0 Å². The minimum absolute atomic E-state index is 0.147. The second kappa shape index (κ2) is 10.4. The lowest BCUT2D eigenvalue weighted by molar-refractivity contribution is 0.0553. The van der Waals surface area contributed by atoms with Gasteiger partial charge in [-0.3, -0.25) is 4.90 Å². The third-order valence-electron chi connectivity index (χ3n) is 7.59. The van der Waals surface area contributed by atoms with Crippen molar-refractivity contribution in [3.8, 4) is 5.75 Å². The smallest absolute Gasteiger partial charge is 0.414 e. The molecule has 40 heavy (non-hydrogen) atoms. The molecule has 1 heterocycles. The fourth-order valence-electron chi connectivity index (χ4n) is 5.96. The summed E-state index contributed by atoms with van der Waals surface area (Å²) in [6.45, 7) is 12.7. The van der Waals surface area contributed by atoms with Gasteiger partial charge < -0.3 is 14.3 Å². The average molecular weight is 554 g/mol.